The first-order valence-electron chi connectivity index (χ1n) is 7.76. The van der Waals surface area contributed by atoms with Gasteiger partial charge in [0.2, 0.25) is 0 Å². The van der Waals surface area contributed by atoms with Crippen molar-refractivity contribution in [1.82, 2.24) is 9.88 Å². The highest BCUT2D eigenvalue weighted by molar-refractivity contribution is 6.31. The summed E-state index contributed by atoms with van der Waals surface area (Å²) in [5, 5.41) is 11.7. The highest BCUT2D eigenvalue weighted by atomic mass is 35.5. The largest absolute Gasteiger partial charge is 0.393 e. The molecule has 0 spiro atoms. The van der Waals surface area contributed by atoms with Crippen LogP contribution in [-0.4, -0.2) is 40.6 Å². The average molecular weight is 321 g/mol. The Labute approximate surface area is 135 Å². The molecule has 1 aromatic carbocycles. The van der Waals surface area contributed by atoms with E-state index in [0.29, 0.717) is 17.3 Å². The van der Waals surface area contributed by atoms with Crippen LogP contribution < -0.4 is 0 Å². The maximum atomic E-state index is 12.6. The van der Waals surface area contributed by atoms with Crippen molar-refractivity contribution in [3.8, 4) is 0 Å². The van der Waals surface area contributed by atoms with Crippen LogP contribution in [0.15, 0.2) is 24.3 Å². The molecule has 3 rings (SSSR count). The number of carbonyl (C=O) groups excluding carboxylic acids is 1. The number of amides is 1. The number of fused-ring (bicyclic) bond motifs is 1. The Hall–Kier alpha value is -1.52. The molecule has 4 nitrogen and oxygen atoms in total. The minimum atomic E-state index is -0.287. The van der Waals surface area contributed by atoms with Gasteiger partial charge in [-0.25, -0.2) is 0 Å². The lowest BCUT2D eigenvalue weighted by molar-refractivity contribution is 0.0449. The van der Waals surface area contributed by atoms with Crippen molar-refractivity contribution in [2.24, 2.45) is 5.92 Å². The Kier molecular flexibility index (Phi) is 4.41. The fourth-order valence-corrected chi connectivity index (χ4v) is 3.43. The minimum absolute atomic E-state index is 0.0508. The molecule has 2 aromatic rings. The van der Waals surface area contributed by atoms with E-state index in [-0.39, 0.29) is 17.9 Å². The van der Waals surface area contributed by atoms with E-state index < -0.39 is 0 Å². The van der Waals surface area contributed by atoms with Crippen LogP contribution in [0.3, 0.4) is 0 Å². The molecule has 22 heavy (non-hydrogen) atoms. The van der Waals surface area contributed by atoms with Crippen LogP contribution in [0.25, 0.3) is 10.9 Å². The molecule has 1 amide bonds. The zero-order chi connectivity index (χ0) is 15.7. The monoisotopic (exact) mass is 320 g/mol. The first-order chi connectivity index (χ1) is 10.5. The molecule has 1 fully saturated rings. The highest BCUT2D eigenvalue weighted by Crippen LogP contribution is 2.26. The summed E-state index contributed by atoms with van der Waals surface area (Å²) in [6, 6.07) is 7.38. The molecular formula is C17H21ClN2O2. The van der Waals surface area contributed by atoms with Crippen molar-refractivity contribution in [3.05, 3.63) is 35.0 Å². The number of rotatable bonds is 3. The SMILES string of the molecule is CN(CC1CCCCC1O)C(=O)c1cc2ccc(Cl)cc2[nH]1. The van der Waals surface area contributed by atoms with Crippen LogP contribution >= 0.6 is 11.6 Å². The van der Waals surface area contributed by atoms with E-state index >= 15 is 0 Å². The zero-order valence-corrected chi connectivity index (χ0v) is 13.4. The van der Waals surface area contributed by atoms with Crippen LogP contribution in [0, 0.1) is 5.92 Å². The number of hydrogen-bond acceptors (Lipinski definition) is 2. The van der Waals surface area contributed by atoms with Gasteiger partial charge in [-0.2, -0.15) is 0 Å². The fraction of sp³-hybridized carbons (Fsp3) is 0.471. The lowest BCUT2D eigenvalue weighted by atomic mass is 9.86. The van der Waals surface area contributed by atoms with Gasteiger partial charge in [0.25, 0.3) is 5.91 Å². The number of halogens is 1. The summed E-state index contributed by atoms with van der Waals surface area (Å²) in [6.07, 6.45) is 3.76. The van der Waals surface area contributed by atoms with E-state index in [1.54, 1.807) is 11.9 Å². The Balaban J connectivity index is 1.73. The van der Waals surface area contributed by atoms with E-state index in [1.165, 1.54) is 0 Å². The molecule has 1 saturated carbocycles. The number of hydrogen-bond donors (Lipinski definition) is 2. The van der Waals surface area contributed by atoms with Gasteiger partial charge in [-0.3, -0.25) is 4.79 Å². The van der Waals surface area contributed by atoms with E-state index in [0.717, 1.165) is 36.6 Å². The number of carbonyl (C=O) groups is 1. The topological polar surface area (TPSA) is 56.3 Å². The van der Waals surface area contributed by atoms with Crippen LogP contribution in [-0.2, 0) is 0 Å². The van der Waals surface area contributed by atoms with Crippen LogP contribution in [0.1, 0.15) is 36.2 Å². The van der Waals surface area contributed by atoms with E-state index in [4.69, 9.17) is 11.6 Å². The van der Waals surface area contributed by atoms with Gasteiger partial charge in [-0.05, 0) is 31.0 Å². The second-order valence-electron chi connectivity index (χ2n) is 6.21. The molecule has 0 saturated heterocycles. The molecule has 0 aliphatic heterocycles. The molecule has 1 heterocycles. The maximum Gasteiger partial charge on any atom is 0.270 e. The number of nitrogens with zero attached hydrogens (tertiary/aromatic N) is 1. The van der Waals surface area contributed by atoms with Gasteiger partial charge in [-0.1, -0.05) is 30.5 Å². The third-order valence-electron chi connectivity index (χ3n) is 4.54. The molecule has 5 heteroatoms. The highest BCUT2D eigenvalue weighted by Gasteiger charge is 2.26. The first kappa shape index (κ1) is 15.4. The number of aliphatic hydroxyl groups excluding tert-OH is 1. The molecule has 118 valence electrons. The molecule has 1 aromatic heterocycles. The van der Waals surface area contributed by atoms with Gasteiger partial charge in [0.1, 0.15) is 5.69 Å². The maximum absolute atomic E-state index is 12.6. The Morgan fingerprint density at radius 1 is 1.36 bits per heavy atom. The van der Waals surface area contributed by atoms with Crippen molar-refractivity contribution in [3.63, 3.8) is 0 Å². The number of benzene rings is 1. The standard InChI is InChI=1S/C17H21ClN2O2/c1-20(10-12-4-2-3-5-16(12)21)17(22)15-8-11-6-7-13(18)9-14(11)19-15/h6-9,12,16,19,21H,2-5,10H2,1H3. The van der Waals surface area contributed by atoms with Crippen molar-refractivity contribution in [2.45, 2.75) is 31.8 Å². The summed E-state index contributed by atoms with van der Waals surface area (Å²) in [5.74, 6) is 0.131. The molecule has 0 bridgehead atoms. The van der Waals surface area contributed by atoms with Crippen molar-refractivity contribution < 1.29 is 9.90 Å². The van der Waals surface area contributed by atoms with Crippen LogP contribution in [0.4, 0.5) is 0 Å². The van der Waals surface area contributed by atoms with E-state index in [1.807, 2.05) is 24.3 Å². The molecule has 0 radical (unpaired) electrons. The third kappa shape index (κ3) is 3.13. The van der Waals surface area contributed by atoms with Crippen molar-refractivity contribution in [1.29, 1.82) is 0 Å². The van der Waals surface area contributed by atoms with Gasteiger partial charge in [0, 0.05) is 35.4 Å². The number of nitrogens with one attached hydrogen (secondary N) is 1. The summed E-state index contributed by atoms with van der Waals surface area (Å²) in [7, 11) is 1.79. The zero-order valence-electron chi connectivity index (χ0n) is 12.7. The summed E-state index contributed by atoms with van der Waals surface area (Å²) >= 11 is 5.97. The number of H-pyrrole nitrogens is 1. The normalized spacial score (nSPS) is 22.0. The summed E-state index contributed by atoms with van der Waals surface area (Å²) in [4.78, 5) is 17.4. The first-order valence-corrected chi connectivity index (χ1v) is 8.14. The smallest absolute Gasteiger partial charge is 0.270 e. The van der Waals surface area contributed by atoms with E-state index in [9.17, 15) is 9.90 Å². The Bertz CT molecular complexity index is 682. The molecule has 2 unspecified atom stereocenters. The van der Waals surface area contributed by atoms with Crippen molar-refractivity contribution >= 4 is 28.4 Å². The van der Waals surface area contributed by atoms with Gasteiger partial charge in [0.15, 0.2) is 0 Å². The number of aromatic amines is 1. The molecule has 2 atom stereocenters. The molecule has 1 aliphatic carbocycles. The summed E-state index contributed by atoms with van der Waals surface area (Å²) in [5.41, 5.74) is 1.42. The van der Waals surface area contributed by atoms with Crippen LogP contribution in [0.5, 0.6) is 0 Å². The lowest BCUT2D eigenvalue weighted by Gasteiger charge is -2.31. The third-order valence-corrected chi connectivity index (χ3v) is 4.77. The Morgan fingerprint density at radius 2 is 2.14 bits per heavy atom. The van der Waals surface area contributed by atoms with Gasteiger partial charge in [0.05, 0.1) is 6.10 Å². The van der Waals surface area contributed by atoms with Gasteiger partial charge < -0.3 is 15.0 Å². The fourth-order valence-electron chi connectivity index (χ4n) is 3.26. The van der Waals surface area contributed by atoms with E-state index in [2.05, 4.69) is 4.98 Å². The Morgan fingerprint density at radius 3 is 2.91 bits per heavy atom. The second-order valence-corrected chi connectivity index (χ2v) is 6.65. The molecule has 2 N–H and O–H groups in total. The summed E-state index contributed by atoms with van der Waals surface area (Å²) in [6.45, 7) is 0.593. The number of aliphatic hydroxyl groups is 1. The lowest BCUT2D eigenvalue weighted by Crippen LogP contribution is -2.38. The second kappa shape index (κ2) is 6.31. The van der Waals surface area contributed by atoms with Gasteiger partial charge >= 0.3 is 0 Å². The van der Waals surface area contributed by atoms with Crippen LogP contribution in [0.2, 0.25) is 5.02 Å². The van der Waals surface area contributed by atoms with Crippen molar-refractivity contribution in [2.75, 3.05) is 13.6 Å². The average Bonchev–Trinajstić information content (AvgIpc) is 2.91. The molecule has 1 aliphatic rings. The minimum Gasteiger partial charge on any atom is -0.393 e. The predicted molar refractivity (Wildman–Crippen MR) is 88.2 cm³/mol. The summed E-state index contributed by atoms with van der Waals surface area (Å²) < 4.78 is 0. The molecular weight excluding hydrogens is 300 g/mol. The number of aromatic nitrogens is 1. The quantitative estimate of drug-likeness (QED) is 0.910. The predicted octanol–water partition coefficient (Wildman–Crippen LogP) is 3.44. The van der Waals surface area contributed by atoms with Gasteiger partial charge in [-0.15, -0.1) is 0 Å².